The van der Waals surface area contributed by atoms with Gasteiger partial charge < -0.3 is 16.0 Å². The van der Waals surface area contributed by atoms with Gasteiger partial charge in [0.2, 0.25) is 5.91 Å². The van der Waals surface area contributed by atoms with Crippen molar-refractivity contribution in [3.63, 3.8) is 0 Å². The van der Waals surface area contributed by atoms with E-state index in [9.17, 15) is 9.59 Å². The molecule has 3 amide bonds. The quantitative estimate of drug-likeness (QED) is 0.794. The maximum absolute atomic E-state index is 11.7. The molecule has 7 heteroatoms. The highest BCUT2D eigenvalue weighted by Crippen LogP contribution is 2.13. The van der Waals surface area contributed by atoms with Gasteiger partial charge in [-0.2, -0.15) is 0 Å². The fraction of sp³-hybridized carbons (Fsp3) is 0.0714. The van der Waals surface area contributed by atoms with Crippen molar-refractivity contribution in [2.75, 3.05) is 17.2 Å². The van der Waals surface area contributed by atoms with Crippen LogP contribution in [-0.4, -0.2) is 23.5 Å². The molecule has 108 valence electrons. The lowest BCUT2D eigenvalue weighted by Crippen LogP contribution is -2.35. The van der Waals surface area contributed by atoms with Crippen LogP contribution in [0.3, 0.4) is 0 Å². The van der Waals surface area contributed by atoms with Crippen molar-refractivity contribution in [2.24, 2.45) is 0 Å². The molecule has 2 rings (SSSR count). The molecule has 0 atom stereocenters. The monoisotopic (exact) mass is 348 g/mol. The van der Waals surface area contributed by atoms with E-state index in [0.717, 1.165) is 4.47 Å². The molecule has 0 bridgehead atoms. The normalized spacial score (nSPS) is 9.76. The molecular weight excluding hydrogens is 336 g/mol. The summed E-state index contributed by atoms with van der Waals surface area (Å²) in [5, 5.41) is 7.71. The molecule has 0 saturated heterocycles. The Morgan fingerprint density at radius 3 is 2.48 bits per heavy atom. The molecule has 1 heterocycles. The third kappa shape index (κ3) is 5.23. The van der Waals surface area contributed by atoms with Crippen molar-refractivity contribution in [1.82, 2.24) is 10.3 Å². The van der Waals surface area contributed by atoms with Gasteiger partial charge in [-0.05, 0) is 36.4 Å². The summed E-state index contributed by atoms with van der Waals surface area (Å²) >= 11 is 3.31. The highest BCUT2D eigenvalue weighted by molar-refractivity contribution is 9.10. The van der Waals surface area contributed by atoms with E-state index in [1.165, 1.54) is 6.20 Å². The van der Waals surface area contributed by atoms with Crippen LogP contribution in [0.1, 0.15) is 0 Å². The summed E-state index contributed by atoms with van der Waals surface area (Å²) in [5.74, 6) is -0.307. The van der Waals surface area contributed by atoms with Crippen LogP contribution in [0.15, 0.2) is 53.3 Å². The average molecular weight is 349 g/mol. The minimum atomic E-state index is -0.464. The van der Waals surface area contributed by atoms with Gasteiger partial charge in [-0.15, -0.1) is 0 Å². The zero-order valence-electron chi connectivity index (χ0n) is 11.0. The number of hydrogen-bond donors (Lipinski definition) is 3. The van der Waals surface area contributed by atoms with Crippen LogP contribution < -0.4 is 16.0 Å². The van der Waals surface area contributed by atoms with E-state index in [1.54, 1.807) is 30.5 Å². The molecule has 0 unspecified atom stereocenters. The van der Waals surface area contributed by atoms with Crippen LogP contribution in [0, 0.1) is 0 Å². The summed E-state index contributed by atoms with van der Waals surface area (Å²) in [4.78, 5) is 27.1. The molecule has 21 heavy (non-hydrogen) atoms. The fourth-order valence-electron chi connectivity index (χ4n) is 1.51. The van der Waals surface area contributed by atoms with Crippen LogP contribution in [0.5, 0.6) is 0 Å². The van der Waals surface area contributed by atoms with Gasteiger partial charge in [0.1, 0.15) is 0 Å². The SMILES string of the molecule is O=C(CNC(=O)Nc1cccnc1)Nc1ccc(Br)cc1. The molecule has 0 spiro atoms. The van der Waals surface area contributed by atoms with E-state index in [0.29, 0.717) is 11.4 Å². The van der Waals surface area contributed by atoms with Gasteiger partial charge >= 0.3 is 6.03 Å². The second-order valence-corrected chi connectivity index (χ2v) is 5.02. The number of hydrogen-bond acceptors (Lipinski definition) is 3. The van der Waals surface area contributed by atoms with Gasteiger partial charge in [0.25, 0.3) is 0 Å². The molecule has 0 aliphatic rings. The van der Waals surface area contributed by atoms with Gasteiger partial charge in [-0.3, -0.25) is 9.78 Å². The van der Waals surface area contributed by atoms with Crippen LogP contribution in [0.2, 0.25) is 0 Å². The minimum absolute atomic E-state index is 0.123. The lowest BCUT2D eigenvalue weighted by Gasteiger charge is -2.08. The maximum atomic E-state index is 11.7. The summed E-state index contributed by atoms with van der Waals surface area (Å²) < 4.78 is 0.925. The second kappa shape index (κ2) is 7.39. The Morgan fingerprint density at radius 2 is 1.81 bits per heavy atom. The molecular formula is C14H13BrN4O2. The highest BCUT2D eigenvalue weighted by Gasteiger charge is 2.06. The van der Waals surface area contributed by atoms with E-state index < -0.39 is 6.03 Å². The lowest BCUT2D eigenvalue weighted by atomic mass is 10.3. The third-order valence-electron chi connectivity index (χ3n) is 2.46. The first-order valence-corrected chi connectivity index (χ1v) is 6.93. The number of carbonyl (C=O) groups is 2. The van der Waals surface area contributed by atoms with Crippen molar-refractivity contribution >= 4 is 39.2 Å². The highest BCUT2D eigenvalue weighted by atomic mass is 79.9. The Labute approximate surface area is 130 Å². The van der Waals surface area contributed by atoms with Gasteiger partial charge in [0.05, 0.1) is 18.4 Å². The largest absolute Gasteiger partial charge is 0.329 e. The Balaban J connectivity index is 1.76. The molecule has 0 aliphatic carbocycles. The number of amides is 3. The Morgan fingerprint density at radius 1 is 1.05 bits per heavy atom. The molecule has 0 saturated carbocycles. The van der Waals surface area contributed by atoms with E-state index in [-0.39, 0.29) is 12.5 Å². The number of anilines is 2. The first kappa shape index (κ1) is 15.0. The topological polar surface area (TPSA) is 83.1 Å². The van der Waals surface area contributed by atoms with Gasteiger partial charge in [0, 0.05) is 16.4 Å². The molecule has 1 aromatic carbocycles. The molecule has 2 aromatic rings. The molecule has 0 fully saturated rings. The number of pyridine rings is 1. The predicted octanol–water partition coefficient (Wildman–Crippen LogP) is 2.60. The van der Waals surface area contributed by atoms with E-state index in [1.807, 2.05) is 12.1 Å². The Kier molecular flexibility index (Phi) is 5.28. The second-order valence-electron chi connectivity index (χ2n) is 4.10. The van der Waals surface area contributed by atoms with Crippen LogP contribution in [-0.2, 0) is 4.79 Å². The third-order valence-corrected chi connectivity index (χ3v) is 2.99. The summed E-state index contributed by atoms with van der Waals surface area (Å²) in [7, 11) is 0. The fourth-order valence-corrected chi connectivity index (χ4v) is 1.78. The van der Waals surface area contributed by atoms with Crippen molar-refractivity contribution in [2.45, 2.75) is 0 Å². The lowest BCUT2D eigenvalue weighted by molar-refractivity contribution is -0.115. The van der Waals surface area contributed by atoms with Crippen molar-refractivity contribution < 1.29 is 9.59 Å². The average Bonchev–Trinajstić information content (AvgIpc) is 2.49. The first-order valence-electron chi connectivity index (χ1n) is 6.14. The summed E-state index contributed by atoms with van der Waals surface area (Å²) in [5.41, 5.74) is 1.22. The smallest absolute Gasteiger partial charge is 0.319 e. The molecule has 3 N–H and O–H groups in total. The van der Waals surface area contributed by atoms with Crippen molar-refractivity contribution in [1.29, 1.82) is 0 Å². The number of rotatable bonds is 4. The zero-order valence-corrected chi connectivity index (χ0v) is 12.6. The summed E-state index contributed by atoms with van der Waals surface area (Å²) in [6, 6.07) is 10.1. The number of nitrogens with one attached hydrogen (secondary N) is 3. The Bertz CT molecular complexity index is 617. The van der Waals surface area contributed by atoms with E-state index in [2.05, 4.69) is 36.9 Å². The van der Waals surface area contributed by atoms with Gasteiger partial charge in [-0.1, -0.05) is 15.9 Å². The zero-order chi connectivity index (χ0) is 15.1. The van der Waals surface area contributed by atoms with Crippen LogP contribution in [0.25, 0.3) is 0 Å². The number of nitrogens with zero attached hydrogens (tertiary/aromatic N) is 1. The number of benzene rings is 1. The molecule has 0 radical (unpaired) electrons. The van der Waals surface area contributed by atoms with Crippen LogP contribution in [0.4, 0.5) is 16.2 Å². The van der Waals surface area contributed by atoms with Crippen molar-refractivity contribution in [3.05, 3.63) is 53.3 Å². The minimum Gasteiger partial charge on any atom is -0.329 e. The number of carbonyl (C=O) groups excluding carboxylic acids is 2. The standard InChI is InChI=1S/C14H13BrN4O2/c15-10-3-5-11(6-4-10)18-13(20)9-17-14(21)19-12-2-1-7-16-8-12/h1-8H,9H2,(H,18,20)(H2,17,19,21). The Hall–Kier alpha value is -2.41. The molecule has 0 aliphatic heterocycles. The first-order chi connectivity index (χ1) is 10.1. The van der Waals surface area contributed by atoms with Crippen molar-refractivity contribution in [3.8, 4) is 0 Å². The predicted molar refractivity (Wildman–Crippen MR) is 84.0 cm³/mol. The van der Waals surface area contributed by atoms with Gasteiger partial charge in [-0.25, -0.2) is 4.79 Å². The molecule has 1 aromatic heterocycles. The van der Waals surface area contributed by atoms with Gasteiger partial charge in [0.15, 0.2) is 0 Å². The molecule has 6 nitrogen and oxygen atoms in total. The number of aromatic nitrogens is 1. The summed E-state index contributed by atoms with van der Waals surface area (Å²) in [6.07, 6.45) is 3.12. The van der Waals surface area contributed by atoms with E-state index >= 15 is 0 Å². The van der Waals surface area contributed by atoms with E-state index in [4.69, 9.17) is 0 Å². The van der Waals surface area contributed by atoms with Crippen LogP contribution >= 0.6 is 15.9 Å². The number of urea groups is 1. The maximum Gasteiger partial charge on any atom is 0.319 e. The number of halogens is 1. The summed E-state index contributed by atoms with van der Waals surface area (Å²) in [6.45, 7) is -0.123.